The molecule has 0 aromatic heterocycles. The molecule has 2 aromatic carbocycles. The van der Waals surface area contributed by atoms with Crippen molar-refractivity contribution in [3.05, 3.63) is 60.4 Å². The molecule has 0 aliphatic heterocycles. The Hall–Kier alpha value is -2.03. The third-order valence-corrected chi connectivity index (χ3v) is 2.61. The molecular weight excluding hydrogens is 227 g/mol. The zero-order chi connectivity index (χ0) is 12.6. The molecule has 0 spiro atoms. The Labute approximate surface area is 107 Å². The summed E-state index contributed by atoms with van der Waals surface area (Å²) >= 11 is 0. The van der Waals surface area contributed by atoms with Gasteiger partial charge in [0.2, 0.25) is 0 Å². The van der Waals surface area contributed by atoms with Crippen molar-refractivity contribution in [1.82, 2.24) is 0 Å². The van der Waals surface area contributed by atoms with Crippen molar-refractivity contribution in [2.24, 2.45) is 0 Å². The van der Waals surface area contributed by atoms with Crippen LogP contribution in [0.4, 0.5) is 15.8 Å². The lowest BCUT2D eigenvalue weighted by atomic mass is 10.3. The third kappa shape index (κ3) is 4.09. The Morgan fingerprint density at radius 3 is 2.17 bits per heavy atom. The van der Waals surface area contributed by atoms with Gasteiger partial charge in [-0.3, -0.25) is 0 Å². The summed E-state index contributed by atoms with van der Waals surface area (Å²) in [5.74, 6) is -0.206. The van der Waals surface area contributed by atoms with Crippen molar-refractivity contribution in [1.29, 1.82) is 0 Å². The van der Waals surface area contributed by atoms with Gasteiger partial charge >= 0.3 is 0 Å². The molecule has 0 bridgehead atoms. The summed E-state index contributed by atoms with van der Waals surface area (Å²) in [7, 11) is 0. The van der Waals surface area contributed by atoms with Gasteiger partial charge in [0.1, 0.15) is 5.82 Å². The van der Waals surface area contributed by atoms with E-state index in [1.54, 1.807) is 6.07 Å². The molecule has 18 heavy (non-hydrogen) atoms. The summed E-state index contributed by atoms with van der Waals surface area (Å²) in [6.45, 7) is 1.72. The highest BCUT2D eigenvalue weighted by Gasteiger charge is 1.94. The van der Waals surface area contributed by atoms with Gasteiger partial charge in [-0.25, -0.2) is 4.39 Å². The highest BCUT2D eigenvalue weighted by atomic mass is 19.1. The average Bonchev–Trinajstić information content (AvgIpc) is 2.40. The van der Waals surface area contributed by atoms with Crippen LogP contribution in [0.1, 0.15) is 6.42 Å². The van der Waals surface area contributed by atoms with Crippen LogP contribution in [-0.2, 0) is 0 Å². The minimum absolute atomic E-state index is 0.206. The smallest absolute Gasteiger partial charge is 0.125 e. The summed E-state index contributed by atoms with van der Waals surface area (Å²) in [5.41, 5.74) is 1.96. The first kappa shape index (κ1) is 12.4. The molecule has 2 rings (SSSR count). The number of rotatable bonds is 6. The van der Waals surface area contributed by atoms with Crippen LogP contribution in [0.15, 0.2) is 54.6 Å². The van der Waals surface area contributed by atoms with Crippen molar-refractivity contribution in [2.45, 2.75) is 6.42 Å². The Bertz CT molecular complexity index is 471. The Morgan fingerprint density at radius 1 is 0.778 bits per heavy atom. The first-order valence-corrected chi connectivity index (χ1v) is 6.13. The average molecular weight is 244 g/mol. The van der Waals surface area contributed by atoms with E-state index < -0.39 is 0 Å². The molecule has 0 atom stereocenters. The summed E-state index contributed by atoms with van der Waals surface area (Å²) in [5, 5.41) is 6.52. The first-order chi connectivity index (χ1) is 8.84. The molecule has 0 aliphatic rings. The van der Waals surface area contributed by atoms with Crippen molar-refractivity contribution < 1.29 is 4.39 Å². The summed E-state index contributed by atoms with van der Waals surface area (Å²) < 4.78 is 12.9. The van der Waals surface area contributed by atoms with Gasteiger partial charge in [0.05, 0.1) is 0 Å². The molecule has 0 unspecified atom stereocenters. The molecule has 0 saturated carbocycles. The zero-order valence-electron chi connectivity index (χ0n) is 10.2. The fraction of sp³-hybridized carbons (Fsp3) is 0.200. The second-order valence-electron chi connectivity index (χ2n) is 4.08. The van der Waals surface area contributed by atoms with E-state index in [1.807, 2.05) is 36.4 Å². The molecular formula is C15H17FN2. The number of para-hydroxylation sites is 1. The number of halogens is 1. The fourth-order valence-electron chi connectivity index (χ4n) is 1.71. The van der Waals surface area contributed by atoms with Crippen molar-refractivity contribution in [3.63, 3.8) is 0 Å². The fourth-order valence-corrected chi connectivity index (χ4v) is 1.71. The van der Waals surface area contributed by atoms with Gasteiger partial charge in [0, 0.05) is 24.5 Å². The predicted octanol–water partition coefficient (Wildman–Crippen LogP) is 3.74. The van der Waals surface area contributed by atoms with Gasteiger partial charge in [0.15, 0.2) is 0 Å². The van der Waals surface area contributed by atoms with Gasteiger partial charge in [-0.1, -0.05) is 24.3 Å². The molecule has 0 radical (unpaired) electrons. The van der Waals surface area contributed by atoms with Crippen LogP contribution >= 0.6 is 0 Å². The molecule has 0 aliphatic carbocycles. The van der Waals surface area contributed by atoms with E-state index in [0.717, 1.165) is 30.9 Å². The maximum absolute atomic E-state index is 12.9. The van der Waals surface area contributed by atoms with Crippen LogP contribution in [0.3, 0.4) is 0 Å². The Balaban J connectivity index is 1.65. The van der Waals surface area contributed by atoms with Crippen LogP contribution in [0.25, 0.3) is 0 Å². The van der Waals surface area contributed by atoms with Crippen LogP contribution in [0, 0.1) is 5.82 Å². The topological polar surface area (TPSA) is 24.1 Å². The summed E-state index contributed by atoms with van der Waals surface area (Å²) in [6, 6.07) is 16.6. The maximum atomic E-state index is 12.9. The number of nitrogens with one attached hydrogen (secondary N) is 2. The maximum Gasteiger partial charge on any atom is 0.125 e. The van der Waals surface area contributed by atoms with Gasteiger partial charge in [-0.2, -0.15) is 0 Å². The van der Waals surface area contributed by atoms with E-state index >= 15 is 0 Å². The van der Waals surface area contributed by atoms with E-state index in [9.17, 15) is 4.39 Å². The van der Waals surface area contributed by atoms with E-state index in [1.165, 1.54) is 12.1 Å². The summed E-state index contributed by atoms with van der Waals surface area (Å²) in [6.07, 6.45) is 0.978. The Morgan fingerprint density at radius 2 is 1.44 bits per heavy atom. The molecule has 3 heteroatoms. The molecule has 94 valence electrons. The van der Waals surface area contributed by atoms with Crippen LogP contribution in [-0.4, -0.2) is 13.1 Å². The molecule has 0 heterocycles. The largest absolute Gasteiger partial charge is 0.385 e. The molecule has 0 fully saturated rings. The lowest BCUT2D eigenvalue weighted by Crippen LogP contribution is -2.09. The standard InChI is InChI=1S/C15H17FN2/c16-13-6-4-9-15(12-13)18-11-5-10-17-14-7-2-1-3-8-14/h1-4,6-9,12,17-18H,5,10-11H2. The second-order valence-corrected chi connectivity index (χ2v) is 4.08. The molecule has 2 aromatic rings. The monoisotopic (exact) mass is 244 g/mol. The SMILES string of the molecule is Fc1cccc(NCCCNc2ccccc2)c1. The number of benzene rings is 2. The zero-order valence-corrected chi connectivity index (χ0v) is 10.2. The predicted molar refractivity (Wildman–Crippen MR) is 74.4 cm³/mol. The lowest BCUT2D eigenvalue weighted by Gasteiger charge is -2.08. The van der Waals surface area contributed by atoms with Crippen molar-refractivity contribution in [2.75, 3.05) is 23.7 Å². The number of anilines is 2. The van der Waals surface area contributed by atoms with Gasteiger partial charge < -0.3 is 10.6 Å². The van der Waals surface area contributed by atoms with Crippen LogP contribution in [0.5, 0.6) is 0 Å². The van der Waals surface area contributed by atoms with Crippen molar-refractivity contribution in [3.8, 4) is 0 Å². The lowest BCUT2D eigenvalue weighted by molar-refractivity contribution is 0.628. The van der Waals surface area contributed by atoms with Crippen molar-refractivity contribution >= 4 is 11.4 Å². The third-order valence-electron chi connectivity index (χ3n) is 2.61. The van der Waals surface area contributed by atoms with E-state index in [4.69, 9.17) is 0 Å². The number of hydrogen-bond acceptors (Lipinski definition) is 2. The van der Waals surface area contributed by atoms with Gasteiger partial charge in [-0.05, 0) is 36.8 Å². The highest BCUT2D eigenvalue weighted by molar-refractivity contribution is 5.43. The van der Waals surface area contributed by atoms with Gasteiger partial charge in [-0.15, -0.1) is 0 Å². The van der Waals surface area contributed by atoms with E-state index in [0.29, 0.717) is 0 Å². The Kier molecular flexibility index (Phi) is 4.59. The normalized spacial score (nSPS) is 10.1. The van der Waals surface area contributed by atoms with Gasteiger partial charge in [0.25, 0.3) is 0 Å². The highest BCUT2D eigenvalue weighted by Crippen LogP contribution is 2.09. The summed E-state index contributed by atoms with van der Waals surface area (Å²) in [4.78, 5) is 0. The second kappa shape index (κ2) is 6.64. The van der Waals surface area contributed by atoms with Crippen LogP contribution < -0.4 is 10.6 Å². The molecule has 0 saturated heterocycles. The first-order valence-electron chi connectivity index (χ1n) is 6.13. The minimum Gasteiger partial charge on any atom is -0.385 e. The quantitative estimate of drug-likeness (QED) is 0.756. The molecule has 2 N–H and O–H groups in total. The van der Waals surface area contributed by atoms with Crippen LogP contribution in [0.2, 0.25) is 0 Å². The van der Waals surface area contributed by atoms with E-state index in [2.05, 4.69) is 10.6 Å². The number of hydrogen-bond donors (Lipinski definition) is 2. The molecule has 2 nitrogen and oxygen atoms in total. The van der Waals surface area contributed by atoms with E-state index in [-0.39, 0.29) is 5.82 Å². The minimum atomic E-state index is -0.206. The molecule has 0 amide bonds.